The smallest absolute Gasteiger partial charge is 0.276 e. The van der Waals surface area contributed by atoms with Crippen molar-refractivity contribution in [2.45, 2.75) is 0 Å². The predicted molar refractivity (Wildman–Crippen MR) is 80.5 cm³/mol. The van der Waals surface area contributed by atoms with Gasteiger partial charge in [0.25, 0.3) is 5.91 Å². The lowest BCUT2D eigenvalue weighted by molar-refractivity contribution is 0.102. The molecule has 0 spiro atoms. The number of para-hydroxylation sites is 1. The molecule has 21 heavy (non-hydrogen) atoms. The fourth-order valence-electron chi connectivity index (χ4n) is 2.26. The minimum Gasteiger partial charge on any atom is -0.321 e. The molecule has 0 saturated carbocycles. The molecule has 0 fully saturated rings. The van der Waals surface area contributed by atoms with E-state index >= 15 is 0 Å². The lowest BCUT2D eigenvalue weighted by atomic mass is 10.2. The quantitative estimate of drug-likeness (QED) is 0.750. The van der Waals surface area contributed by atoms with Gasteiger partial charge < -0.3 is 5.32 Å². The molecule has 0 radical (unpaired) electrons. The lowest BCUT2D eigenvalue weighted by Crippen LogP contribution is -2.13. The first-order valence-corrected chi connectivity index (χ1v) is 6.47. The summed E-state index contributed by atoms with van der Waals surface area (Å²) in [5, 5.41) is 7.82. The molecule has 1 N–H and O–H groups in total. The van der Waals surface area contributed by atoms with Crippen LogP contribution < -0.4 is 5.32 Å². The van der Waals surface area contributed by atoms with E-state index in [0.29, 0.717) is 16.9 Å². The van der Waals surface area contributed by atoms with Crippen LogP contribution in [0.25, 0.3) is 10.9 Å². The fourth-order valence-corrected chi connectivity index (χ4v) is 2.26. The van der Waals surface area contributed by atoms with Gasteiger partial charge in [-0.2, -0.15) is 5.10 Å². The largest absolute Gasteiger partial charge is 0.321 e. The third-order valence-corrected chi connectivity index (χ3v) is 3.25. The maximum Gasteiger partial charge on any atom is 0.276 e. The van der Waals surface area contributed by atoms with Crippen molar-refractivity contribution in [2.75, 3.05) is 5.32 Å². The second-order valence-corrected chi connectivity index (χ2v) is 4.69. The third kappa shape index (κ3) is 2.41. The summed E-state index contributed by atoms with van der Waals surface area (Å²) in [6.07, 6.45) is 0.742. The number of fused-ring (bicyclic) bond motifs is 1. The van der Waals surface area contributed by atoms with Crippen molar-refractivity contribution < 1.29 is 9.59 Å². The summed E-state index contributed by atoms with van der Waals surface area (Å²) in [7, 11) is 1.80. The number of hydrogen-bond acceptors (Lipinski definition) is 3. The molecule has 3 rings (SSSR count). The van der Waals surface area contributed by atoms with Gasteiger partial charge in [0, 0.05) is 23.7 Å². The molecule has 0 atom stereocenters. The number of benzene rings is 2. The first-order valence-electron chi connectivity index (χ1n) is 6.47. The predicted octanol–water partition coefficient (Wildman–Crippen LogP) is 2.64. The molecule has 0 aliphatic heterocycles. The van der Waals surface area contributed by atoms with Gasteiger partial charge in [-0.3, -0.25) is 14.3 Å². The topological polar surface area (TPSA) is 64.0 Å². The van der Waals surface area contributed by atoms with Gasteiger partial charge in [0.05, 0.1) is 5.52 Å². The Hall–Kier alpha value is -2.95. The Bertz CT molecular complexity index is 836. The molecule has 0 aliphatic rings. The summed E-state index contributed by atoms with van der Waals surface area (Å²) >= 11 is 0. The average molecular weight is 279 g/mol. The summed E-state index contributed by atoms with van der Waals surface area (Å²) < 4.78 is 1.67. The Balaban J connectivity index is 1.95. The Labute approximate surface area is 121 Å². The maximum absolute atomic E-state index is 12.4. The maximum atomic E-state index is 12.4. The lowest BCUT2D eigenvalue weighted by Gasteiger charge is -2.03. The first-order chi connectivity index (χ1) is 10.2. The molecule has 5 nitrogen and oxygen atoms in total. The van der Waals surface area contributed by atoms with Crippen LogP contribution >= 0.6 is 0 Å². The van der Waals surface area contributed by atoms with Gasteiger partial charge in [-0.05, 0) is 18.2 Å². The van der Waals surface area contributed by atoms with E-state index in [4.69, 9.17) is 0 Å². The standard InChI is InChI=1S/C16H13N3O2/c1-19-14-8-3-2-7-13(14)15(18-19)16(21)17-12-6-4-5-11(9-12)10-20/h2-10H,1H3,(H,17,21). The summed E-state index contributed by atoms with van der Waals surface area (Å²) in [5.74, 6) is -0.296. The van der Waals surface area contributed by atoms with Crippen molar-refractivity contribution >= 4 is 28.8 Å². The van der Waals surface area contributed by atoms with E-state index in [-0.39, 0.29) is 5.91 Å². The van der Waals surface area contributed by atoms with E-state index in [1.54, 1.807) is 36.0 Å². The highest BCUT2D eigenvalue weighted by Gasteiger charge is 2.15. The molecule has 0 saturated heterocycles. The minimum absolute atomic E-state index is 0.296. The van der Waals surface area contributed by atoms with Gasteiger partial charge in [-0.25, -0.2) is 0 Å². The number of nitrogens with zero attached hydrogens (tertiary/aromatic N) is 2. The van der Waals surface area contributed by atoms with Crippen LogP contribution in [-0.2, 0) is 7.05 Å². The van der Waals surface area contributed by atoms with Crippen LogP contribution in [0.15, 0.2) is 48.5 Å². The Morgan fingerprint density at radius 1 is 1.19 bits per heavy atom. The molecule has 5 heteroatoms. The van der Waals surface area contributed by atoms with Gasteiger partial charge in [-0.15, -0.1) is 0 Å². The number of rotatable bonds is 3. The summed E-state index contributed by atoms with van der Waals surface area (Å²) in [6, 6.07) is 14.3. The summed E-state index contributed by atoms with van der Waals surface area (Å²) in [4.78, 5) is 23.1. The van der Waals surface area contributed by atoms with E-state index in [1.165, 1.54) is 0 Å². The highest BCUT2D eigenvalue weighted by Crippen LogP contribution is 2.19. The van der Waals surface area contributed by atoms with E-state index < -0.39 is 0 Å². The normalized spacial score (nSPS) is 10.5. The van der Waals surface area contributed by atoms with Crippen molar-refractivity contribution in [3.63, 3.8) is 0 Å². The summed E-state index contributed by atoms with van der Waals surface area (Å²) in [6.45, 7) is 0. The number of aryl methyl sites for hydroxylation is 1. The number of amides is 1. The van der Waals surface area contributed by atoms with Crippen molar-refractivity contribution in [3.05, 3.63) is 59.8 Å². The molecule has 104 valence electrons. The molecular formula is C16H13N3O2. The zero-order valence-corrected chi connectivity index (χ0v) is 11.4. The number of aromatic nitrogens is 2. The molecule has 0 bridgehead atoms. The molecule has 1 aromatic heterocycles. The Morgan fingerprint density at radius 3 is 2.81 bits per heavy atom. The highest BCUT2D eigenvalue weighted by molar-refractivity contribution is 6.11. The van der Waals surface area contributed by atoms with Crippen LogP contribution in [0, 0.1) is 0 Å². The number of hydrogen-bond donors (Lipinski definition) is 1. The molecular weight excluding hydrogens is 266 g/mol. The average Bonchev–Trinajstić information content (AvgIpc) is 2.85. The van der Waals surface area contributed by atoms with Crippen molar-refractivity contribution in [3.8, 4) is 0 Å². The van der Waals surface area contributed by atoms with Crippen molar-refractivity contribution in [1.82, 2.24) is 9.78 Å². The van der Waals surface area contributed by atoms with Gasteiger partial charge in [0.2, 0.25) is 0 Å². The van der Waals surface area contributed by atoms with Crippen molar-refractivity contribution in [1.29, 1.82) is 0 Å². The number of aldehydes is 1. The second kappa shape index (κ2) is 5.20. The van der Waals surface area contributed by atoms with Crippen molar-refractivity contribution in [2.24, 2.45) is 7.05 Å². The zero-order valence-electron chi connectivity index (χ0n) is 11.4. The molecule has 1 amide bonds. The fraction of sp³-hybridized carbons (Fsp3) is 0.0625. The second-order valence-electron chi connectivity index (χ2n) is 4.69. The van der Waals surface area contributed by atoms with Gasteiger partial charge in [0.15, 0.2) is 5.69 Å². The highest BCUT2D eigenvalue weighted by atomic mass is 16.2. The SMILES string of the molecule is Cn1nc(C(=O)Nc2cccc(C=O)c2)c2ccccc21. The number of carbonyl (C=O) groups excluding carboxylic acids is 2. The van der Waals surface area contributed by atoms with E-state index in [1.807, 2.05) is 24.3 Å². The zero-order chi connectivity index (χ0) is 14.8. The number of carbonyl (C=O) groups is 2. The number of nitrogens with one attached hydrogen (secondary N) is 1. The van der Waals surface area contributed by atoms with Crippen LogP contribution in [0.2, 0.25) is 0 Å². The molecule has 3 aromatic rings. The van der Waals surface area contributed by atoms with E-state index in [9.17, 15) is 9.59 Å². The van der Waals surface area contributed by atoms with Gasteiger partial charge >= 0.3 is 0 Å². The third-order valence-electron chi connectivity index (χ3n) is 3.25. The van der Waals surface area contributed by atoms with Crippen LogP contribution in [-0.4, -0.2) is 22.0 Å². The molecule has 0 unspecified atom stereocenters. The molecule has 0 aliphatic carbocycles. The molecule has 1 heterocycles. The van der Waals surface area contributed by atoms with E-state index in [2.05, 4.69) is 10.4 Å². The summed E-state index contributed by atoms with van der Waals surface area (Å²) in [5.41, 5.74) is 2.34. The Morgan fingerprint density at radius 2 is 2.00 bits per heavy atom. The van der Waals surface area contributed by atoms with Crippen LogP contribution in [0.1, 0.15) is 20.8 Å². The van der Waals surface area contributed by atoms with Gasteiger partial charge in [-0.1, -0.05) is 30.3 Å². The minimum atomic E-state index is -0.296. The molecule has 2 aromatic carbocycles. The number of anilines is 1. The van der Waals surface area contributed by atoms with E-state index in [0.717, 1.165) is 17.2 Å². The van der Waals surface area contributed by atoms with Crippen LogP contribution in [0.3, 0.4) is 0 Å². The van der Waals surface area contributed by atoms with Gasteiger partial charge in [0.1, 0.15) is 6.29 Å². The monoisotopic (exact) mass is 279 g/mol. The van der Waals surface area contributed by atoms with Crippen LogP contribution in [0.5, 0.6) is 0 Å². The Kier molecular flexibility index (Phi) is 3.23. The first kappa shape index (κ1) is 13.1. The van der Waals surface area contributed by atoms with Crippen LogP contribution in [0.4, 0.5) is 5.69 Å².